The number of aromatic amines is 1. The SMILES string of the molecule is CCc1[nH]nc(-c2ccc(C(C)(C)C)cc2)c1NC(=O)c1ccccc1F. The summed E-state index contributed by atoms with van der Waals surface area (Å²) in [4.78, 5) is 12.6. The van der Waals surface area contributed by atoms with Gasteiger partial charge in [-0.2, -0.15) is 5.10 Å². The summed E-state index contributed by atoms with van der Waals surface area (Å²) in [6, 6.07) is 14.1. The zero-order chi connectivity index (χ0) is 19.6. The van der Waals surface area contributed by atoms with Crippen LogP contribution in [0.25, 0.3) is 11.3 Å². The minimum Gasteiger partial charge on any atom is -0.318 e. The number of anilines is 1. The van der Waals surface area contributed by atoms with Crippen LogP contribution in [-0.2, 0) is 11.8 Å². The first-order valence-electron chi connectivity index (χ1n) is 9.05. The highest BCUT2D eigenvalue weighted by Crippen LogP contribution is 2.31. The Morgan fingerprint density at radius 1 is 1.11 bits per heavy atom. The Hall–Kier alpha value is -2.95. The molecule has 2 N–H and O–H groups in total. The number of aryl methyl sites for hydroxylation is 1. The van der Waals surface area contributed by atoms with Crippen molar-refractivity contribution in [3.05, 3.63) is 71.2 Å². The molecule has 0 aliphatic heterocycles. The maximum atomic E-state index is 13.9. The van der Waals surface area contributed by atoms with Crippen LogP contribution in [0.15, 0.2) is 48.5 Å². The number of carbonyl (C=O) groups excluding carboxylic acids is 1. The highest BCUT2D eigenvalue weighted by atomic mass is 19.1. The molecule has 0 saturated carbocycles. The third-order valence-corrected chi connectivity index (χ3v) is 4.58. The third-order valence-electron chi connectivity index (χ3n) is 4.58. The molecule has 0 unspecified atom stereocenters. The second kappa shape index (κ2) is 7.35. The molecule has 27 heavy (non-hydrogen) atoms. The zero-order valence-electron chi connectivity index (χ0n) is 16.1. The van der Waals surface area contributed by atoms with Gasteiger partial charge in [-0.25, -0.2) is 4.39 Å². The van der Waals surface area contributed by atoms with Crippen LogP contribution in [-0.4, -0.2) is 16.1 Å². The lowest BCUT2D eigenvalue weighted by Gasteiger charge is -2.19. The van der Waals surface area contributed by atoms with E-state index in [4.69, 9.17) is 0 Å². The van der Waals surface area contributed by atoms with Crippen molar-refractivity contribution in [1.29, 1.82) is 0 Å². The van der Waals surface area contributed by atoms with Gasteiger partial charge in [-0.3, -0.25) is 9.89 Å². The number of rotatable bonds is 4. The van der Waals surface area contributed by atoms with Crippen molar-refractivity contribution in [3.8, 4) is 11.3 Å². The molecular formula is C22H24FN3O. The Balaban J connectivity index is 1.96. The summed E-state index contributed by atoms with van der Waals surface area (Å²) in [5.74, 6) is -1.04. The van der Waals surface area contributed by atoms with Gasteiger partial charge >= 0.3 is 0 Å². The van der Waals surface area contributed by atoms with Gasteiger partial charge in [-0.1, -0.05) is 64.1 Å². The Kier molecular flexibility index (Phi) is 5.13. The highest BCUT2D eigenvalue weighted by Gasteiger charge is 2.20. The van der Waals surface area contributed by atoms with E-state index < -0.39 is 11.7 Å². The molecule has 0 fully saturated rings. The number of aromatic nitrogens is 2. The van der Waals surface area contributed by atoms with Crippen LogP contribution in [0.5, 0.6) is 0 Å². The summed E-state index contributed by atoms with van der Waals surface area (Å²) in [5, 5.41) is 10.2. The van der Waals surface area contributed by atoms with Gasteiger partial charge in [0.15, 0.2) is 0 Å². The minimum absolute atomic E-state index is 0.00906. The standard InChI is InChI=1S/C22H24FN3O/c1-5-18-20(24-21(27)16-8-6-7-9-17(16)23)19(26-25-18)14-10-12-15(13-11-14)22(2,3)4/h6-13H,5H2,1-4H3,(H,24,27)(H,25,26). The summed E-state index contributed by atoms with van der Waals surface area (Å²) < 4.78 is 13.9. The predicted octanol–water partition coefficient (Wildman–Crippen LogP) is 5.33. The Morgan fingerprint density at radius 3 is 2.37 bits per heavy atom. The van der Waals surface area contributed by atoms with Gasteiger partial charge in [-0.05, 0) is 29.5 Å². The fourth-order valence-corrected chi connectivity index (χ4v) is 2.93. The molecule has 3 aromatic rings. The lowest BCUT2D eigenvalue weighted by Crippen LogP contribution is -2.15. The maximum Gasteiger partial charge on any atom is 0.258 e. The van der Waals surface area contributed by atoms with E-state index in [-0.39, 0.29) is 11.0 Å². The molecule has 140 valence electrons. The Labute approximate surface area is 158 Å². The van der Waals surface area contributed by atoms with Crippen molar-refractivity contribution in [3.63, 3.8) is 0 Å². The molecule has 0 saturated heterocycles. The molecule has 0 bridgehead atoms. The summed E-state index contributed by atoms with van der Waals surface area (Å²) in [7, 11) is 0. The third kappa shape index (κ3) is 3.92. The van der Waals surface area contributed by atoms with Crippen LogP contribution < -0.4 is 5.32 Å². The fourth-order valence-electron chi connectivity index (χ4n) is 2.93. The monoisotopic (exact) mass is 365 g/mol. The molecule has 0 aliphatic carbocycles. The molecular weight excluding hydrogens is 341 g/mol. The second-order valence-electron chi connectivity index (χ2n) is 7.54. The summed E-state index contributed by atoms with van der Waals surface area (Å²) >= 11 is 0. The first-order valence-corrected chi connectivity index (χ1v) is 9.05. The van der Waals surface area contributed by atoms with Gasteiger partial charge in [0, 0.05) is 5.56 Å². The van der Waals surface area contributed by atoms with Crippen molar-refractivity contribution in [1.82, 2.24) is 10.2 Å². The quantitative estimate of drug-likeness (QED) is 0.657. The average molecular weight is 365 g/mol. The zero-order valence-corrected chi connectivity index (χ0v) is 16.1. The second-order valence-corrected chi connectivity index (χ2v) is 7.54. The number of nitrogens with zero attached hydrogens (tertiary/aromatic N) is 1. The van der Waals surface area contributed by atoms with E-state index in [1.807, 2.05) is 19.1 Å². The summed E-state index contributed by atoms with van der Waals surface area (Å²) in [6.07, 6.45) is 0.667. The molecule has 1 aromatic heterocycles. The van der Waals surface area contributed by atoms with Gasteiger partial charge in [0.2, 0.25) is 0 Å². The molecule has 4 nitrogen and oxygen atoms in total. The van der Waals surface area contributed by atoms with E-state index in [0.717, 1.165) is 11.3 Å². The number of H-pyrrole nitrogens is 1. The maximum absolute atomic E-state index is 13.9. The van der Waals surface area contributed by atoms with Crippen LogP contribution in [0.1, 0.15) is 49.3 Å². The van der Waals surface area contributed by atoms with Crippen LogP contribution >= 0.6 is 0 Å². The normalized spacial score (nSPS) is 11.4. The topological polar surface area (TPSA) is 57.8 Å². The molecule has 0 spiro atoms. The highest BCUT2D eigenvalue weighted by molar-refractivity contribution is 6.06. The number of nitrogens with one attached hydrogen (secondary N) is 2. The van der Waals surface area contributed by atoms with Crippen LogP contribution in [0.4, 0.5) is 10.1 Å². The van der Waals surface area contributed by atoms with E-state index in [1.54, 1.807) is 12.1 Å². The smallest absolute Gasteiger partial charge is 0.258 e. The van der Waals surface area contributed by atoms with E-state index in [1.165, 1.54) is 17.7 Å². The summed E-state index contributed by atoms with van der Waals surface area (Å²) in [5.41, 5.74) is 4.22. The van der Waals surface area contributed by atoms with Crippen LogP contribution in [0.3, 0.4) is 0 Å². The number of hydrogen-bond donors (Lipinski definition) is 2. The predicted molar refractivity (Wildman–Crippen MR) is 106 cm³/mol. The number of halogens is 1. The first kappa shape index (κ1) is 18.8. The molecule has 3 rings (SSSR count). The number of benzene rings is 2. The molecule has 0 atom stereocenters. The van der Waals surface area contributed by atoms with Crippen molar-refractivity contribution < 1.29 is 9.18 Å². The van der Waals surface area contributed by atoms with Crippen LogP contribution in [0, 0.1) is 5.82 Å². The lowest BCUT2D eigenvalue weighted by atomic mass is 9.86. The van der Waals surface area contributed by atoms with Crippen molar-refractivity contribution in [2.75, 3.05) is 5.32 Å². The van der Waals surface area contributed by atoms with Gasteiger partial charge in [0.1, 0.15) is 11.5 Å². The van der Waals surface area contributed by atoms with Gasteiger partial charge < -0.3 is 5.32 Å². The summed E-state index contributed by atoms with van der Waals surface area (Å²) in [6.45, 7) is 8.45. The van der Waals surface area contributed by atoms with Crippen molar-refractivity contribution >= 4 is 11.6 Å². The molecule has 1 amide bonds. The van der Waals surface area contributed by atoms with E-state index in [0.29, 0.717) is 17.8 Å². The Morgan fingerprint density at radius 2 is 1.78 bits per heavy atom. The number of hydrogen-bond acceptors (Lipinski definition) is 2. The van der Waals surface area contributed by atoms with E-state index in [2.05, 4.69) is 48.4 Å². The van der Waals surface area contributed by atoms with Crippen molar-refractivity contribution in [2.45, 2.75) is 39.5 Å². The fraction of sp³-hybridized carbons (Fsp3) is 0.273. The molecule has 1 heterocycles. The molecule has 2 aromatic carbocycles. The van der Waals surface area contributed by atoms with Gasteiger partial charge in [-0.15, -0.1) is 0 Å². The van der Waals surface area contributed by atoms with Gasteiger partial charge in [0.05, 0.1) is 16.9 Å². The lowest BCUT2D eigenvalue weighted by molar-refractivity contribution is 0.102. The van der Waals surface area contributed by atoms with Crippen molar-refractivity contribution in [2.24, 2.45) is 0 Å². The average Bonchev–Trinajstić information content (AvgIpc) is 3.04. The van der Waals surface area contributed by atoms with Gasteiger partial charge in [0.25, 0.3) is 5.91 Å². The molecule has 0 aliphatic rings. The van der Waals surface area contributed by atoms with E-state index in [9.17, 15) is 9.18 Å². The van der Waals surface area contributed by atoms with Crippen LogP contribution in [0.2, 0.25) is 0 Å². The number of amides is 1. The Bertz CT molecular complexity index is 952. The largest absolute Gasteiger partial charge is 0.318 e. The minimum atomic E-state index is -0.548. The first-order chi connectivity index (χ1) is 12.8. The molecule has 5 heteroatoms. The number of carbonyl (C=O) groups is 1. The van der Waals surface area contributed by atoms with E-state index >= 15 is 0 Å². The molecule has 0 radical (unpaired) electrons.